The summed E-state index contributed by atoms with van der Waals surface area (Å²) in [6.07, 6.45) is 0.0191. The zero-order chi connectivity index (χ0) is 14.9. The van der Waals surface area contributed by atoms with Crippen molar-refractivity contribution in [1.82, 2.24) is 4.90 Å². The van der Waals surface area contributed by atoms with Gasteiger partial charge in [0, 0.05) is 29.3 Å². The predicted molar refractivity (Wildman–Crippen MR) is 79.9 cm³/mol. The van der Waals surface area contributed by atoms with Crippen molar-refractivity contribution < 1.29 is 14.6 Å². The average molecular weight is 297 g/mol. The van der Waals surface area contributed by atoms with E-state index in [0.717, 1.165) is 0 Å². The van der Waals surface area contributed by atoms with Gasteiger partial charge in [-0.1, -0.05) is 20.8 Å². The van der Waals surface area contributed by atoms with Crippen molar-refractivity contribution in [2.24, 2.45) is 0 Å². The molecule has 0 amide bonds. The second-order valence-corrected chi connectivity index (χ2v) is 7.54. The SMILES string of the molecule is COC(=O)C1CC(O)CN1Cc1ccc(C(C)(C)C)s1. The second-order valence-electron chi connectivity index (χ2n) is 6.37. The Balaban J connectivity index is 2.08. The number of thiophene rings is 1. The van der Waals surface area contributed by atoms with E-state index in [0.29, 0.717) is 19.5 Å². The van der Waals surface area contributed by atoms with Crippen LogP contribution in [0.3, 0.4) is 0 Å². The summed E-state index contributed by atoms with van der Waals surface area (Å²) in [5.74, 6) is -0.255. The lowest BCUT2D eigenvalue weighted by Crippen LogP contribution is -2.36. The molecule has 5 heteroatoms. The molecule has 1 saturated heterocycles. The molecule has 0 aliphatic carbocycles. The van der Waals surface area contributed by atoms with Crippen molar-refractivity contribution in [2.75, 3.05) is 13.7 Å². The number of likely N-dealkylation sites (tertiary alicyclic amines) is 1. The molecule has 2 atom stereocenters. The molecule has 2 unspecified atom stereocenters. The minimum Gasteiger partial charge on any atom is -0.468 e. The molecule has 1 aromatic rings. The molecule has 20 heavy (non-hydrogen) atoms. The van der Waals surface area contributed by atoms with Gasteiger partial charge in [-0.25, -0.2) is 0 Å². The Kier molecular flexibility index (Phi) is 4.52. The Morgan fingerprint density at radius 2 is 2.20 bits per heavy atom. The first kappa shape index (κ1) is 15.5. The van der Waals surface area contributed by atoms with Gasteiger partial charge in [0.25, 0.3) is 0 Å². The number of methoxy groups -OCH3 is 1. The molecule has 0 radical (unpaired) electrons. The molecule has 112 valence electrons. The largest absolute Gasteiger partial charge is 0.468 e. The fraction of sp³-hybridized carbons (Fsp3) is 0.667. The zero-order valence-corrected chi connectivity index (χ0v) is 13.4. The molecule has 2 rings (SSSR count). The number of β-amino-alcohol motifs (C(OH)–C–C–N with tert-alkyl or cyclic N) is 1. The van der Waals surface area contributed by atoms with E-state index in [1.54, 1.807) is 11.3 Å². The van der Waals surface area contributed by atoms with Gasteiger partial charge >= 0.3 is 5.97 Å². The third-order valence-corrected chi connectivity index (χ3v) is 5.11. The monoisotopic (exact) mass is 297 g/mol. The molecule has 1 aromatic heterocycles. The standard InChI is InChI=1S/C15H23NO3S/c1-15(2,3)13-6-5-11(20-13)9-16-8-10(17)7-12(16)14(18)19-4/h5-6,10,12,17H,7-9H2,1-4H3. The first-order valence-electron chi connectivity index (χ1n) is 6.90. The lowest BCUT2D eigenvalue weighted by atomic mass is 9.95. The van der Waals surface area contributed by atoms with Crippen molar-refractivity contribution in [2.45, 2.75) is 51.3 Å². The molecule has 1 aliphatic heterocycles. The molecule has 0 spiro atoms. The molecule has 0 aromatic carbocycles. The fourth-order valence-electron chi connectivity index (χ4n) is 2.50. The average Bonchev–Trinajstić information content (AvgIpc) is 2.95. The van der Waals surface area contributed by atoms with E-state index in [2.05, 4.69) is 32.9 Å². The maximum absolute atomic E-state index is 11.8. The normalized spacial score (nSPS) is 24.1. The number of rotatable bonds is 3. The quantitative estimate of drug-likeness (QED) is 0.869. The van der Waals surface area contributed by atoms with Gasteiger partial charge in [0.15, 0.2) is 0 Å². The third-order valence-electron chi connectivity index (χ3n) is 3.61. The summed E-state index contributed by atoms with van der Waals surface area (Å²) >= 11 is 1.77. The van der Waals surface area contributed by atoms with Crippen LogP contribution in [0.1, 0.15) is 36.9 Å². The Hall–Kier alpha value is -0.910. The molecule has 4 nitrogen and oxygen atoms in total. The van der Waals surface area contributed by atoms with E-state index in [1.165, 1.54) is 16.9 Å². The van der Waals surface area contributed by atoms with Crippen LogP contribution in [-0.4, -0.2) is 41.8 Å². The van der Waals surface area contributed by atoms with E-state index in [9.17, 15) is 9.90 Å². The molecule has 1 N–H and O–H groups in total. The van der Waals surface area contributed by atoms with Crippen molar-refractivity contribution in [3.05, 3.63) is 21.9 Å². The van der Waals surface area contributed by atoms with Crippen LogP contribution in [-0.2, 0) is 21.5 Å². The Labute approximate surface area is 124 Å². The maximum Gasteiger partial charge on any atom is 0.323 e. The Morgan fingerprint density at radius 1 is 1.50 bits per heavy atom. The van der Waals surface area contributed by atoms with Crippen LogP contribution in [0.25, 0.3) is 0 Å². The molecule has 1 fully saturated rings. The maximum atomic E-state index is 11.8. The highest BCUT2D eigenvalue weighted by atomic mass is 32.1. The summed E-state index contributed by atoms with van der Waals surface area (Å²) in [7, 11) is 1.40. The summed E-state index contributed by atoms with van der Waals surface area (Å²) < 4.78 is 4.82. The summed E-state index contributed by atoms with van der Waals surface area (Å²) in [5, 5.41) is 9.78. The number of carbonyl (C=O) groups is 1. The summed E-state index contributed by atoms with van der Waals surface area (Å²) in [5.41, 5.74) is 0.148. The van der Waals surface area contributed by atoms with Crippen LogP contribution in [0.2, 0.25) is 0 Å². The van der Waals surface area contributed by atoms with Gasteiger partial charge in [-0.3, -0.25) is 9.69 Å². The van der Waals surface area contributed by atoms with Gasteiger partial charge in [-0.05, 0) is 17.5 Å². The fourth-order valence-corrected chi connectivity index (χ4v) is 3.59. The highest BCUT2D eigenvalue weighted by Crippen LogP contribution is 2.31. The first-order chi connectivity index (χ1) is 9.31. The van der Waals surface area contributed by atoms with Crippen LogP contribution in [0, 0.1) is 0 Å². The van der Waals surface area contributed by atoms with E-state index in [4.69, 9.17) is 4.74 Å². The van der Waals surface area contributed by atoms with Crippen molar-refractivity contribution in [3.63, 3.8) is 0 Å². The van der Waals surface area contributed by atoms with Gasteiger partial charge in [-0.15, -0.1) is 11.3 Å². The second kappa shape index (κ2) is 5.84. The third kappa shape index (κ3) is 3.40. The topological polar surface area (TPSA) is 49.8 Å². The van der Waals surface area contributed by atoms with Crippen LogP contribution < -0.4 is 0 Å². The molecule has 2 heterocycles. The van der Waals surface area contributed by atoms with Gasteiger partial charge in [-0.2, -0.15) is 0 Å². The number of esters is 1. The number of ether oxygens (including phenoxy) is 1. The number of aliphatic hydroxyl groups excluding tert-OH is 1. The summed E-state index contributed by atoms with van der Waals surface area (Å²) in [6, 6.07) is 3.94. The van der Waals surface area contributed by atoms with Crippen LogP contribution in [0.4, 0.5) is 0 Å². The number of aliphatic hydroxyl groups is 1. The first-order valence-corrected chi connectivity index (χ1v) is 7.72. The molecule has 0 saturated carbocycles. The molecular weight excluding hydrogens is 274 g/mol. The Bertz CT molecular complexity index is 478. The number of nitrogens with zero attached hydrogens (tertiary/aromatic N) is 1. The number of hydrogen-bond acceptors (Lipinski definition) is 5. The van der Waals surface area contributed by atoms with E-state index in [1.807, 2.05) is 4.90 Å². The lowest BCUT2D eigenvalue weighted by molar-refractivity contribution is -0.146. The van der Waals surface area contributed by atoms with Crippen molar-refractivity contribution in [1.29, 1.82) is 0 Å². The van der Waals surface area contributed by atoms with E-state index < -0.39 is 6.10 Å². The van der Waals surface area contributed by atoms with Gasteiger partial charge in [0.2, 0.25) is 0 Å². The highest BCUT2D eigenvalue weighted by Gasteiger charge is 2.36. The lowest BCUT2D eigenvalue weighted by Gasteiger charge is -2.21. The van der Waals surface area contributed by atoms with Gasteiger partial charge in [0.05, 0.1) is 13.2 Å². The minimum atomic E-state index is -0.443. The van der Waals surface area contributed by atoms with Crippen LogP contribution in [0.15, 0.2) is 12.1 Å². The van der Waals surface area contributed by atoms with Gasteiger partial charge < -0.3 is 9.84 Å². The molecule has 0 bridgehead atoms. The van der Waals surface area contributed by atoms with Gasteiger partial charge in [0.1, 0.15) is 6.04 Å². The van der Waals surface area contributed by atoms with E-state index >= 15 is 0 Å². The molecular formula is C15H23NO3S. The smallest absolute Gasteiger partial charge is 0.323 e. The Morgan fingerprint density at radius 3 is 2.75 bits per heavy atom. The predicted octanol–water partition coefficient (Wildman–Crippen LogP) is 2.15. The van der Waals surface area contributed by atoms with Crippen molar-refractivity contribution >= 4 is 17.3 Å². The van der Waals surface area contributed by atoms with Crippen LogP contribution in [0.5, 0.6) is 0 Å². The van der Waals surface area contributed by atoms with Crippen molar-refractivity contribution in [3.8, 4) is 0 Å². The number of carbonyl (C=O) groups excluding carboxylic acids is 1. The number of hydrogen-bond donors (Lipinski definition) is 1. The zero-order valence-electron chi connectivity index (χ0n) is 12.5. The summed E-state index contributed by atoms with van der Waals surface area (Å²) in [6.45, 7) is 7.80. The van der Waals surface area contributed by atoms with Crippen LogP contribution >= 0.6 is 11.3 Å². The highest BCUT2D eigenvalue weighted by molar-refractivity contribution is 7.12. The minimum absolute atomic E-state index is 0.148. The summed E-state index contributed by atoms with van der Waals surface area (Å²) in [4.78, 5) is 16.3. The van der Waals surface area contributed by atoms with E-state index in [-0.39, 0.29) is 17.4 Å². The molecule has 1 aliphatic rings.